The number of hydrogen-bond acceptors (Lipinski definition) is 7. The molecule has 2 aliphatic carbocycles. The highest BCUT2D eigenvalue weighted by molar-refractivity contribution is 7.92. The van der Waals surface area contributed by atoms with E-state index < -0.39 is 38.0 Å². The fourth-order valence-electron chi connectivity index (χ4n) is 5.36. The molecule has 2 atom stereocenters. The summed E-state index contributed by atoms with van der Waals surface area (Å²) in [6.07, 6.45) is 8.41. The van der Waals surface area contributed by atoms with Crippen molar-refractivity contribution in [3.63, 3.8) is 0 Å². The quantitative estimate of drug-likeness (QED) is 0.412. The third-order valence-electron chi connectivity index (χ3n) is 8.06. The maximum atomic E-state index is 14.0. The van der Waals surface area contributed by atoms with Gasteiger partial charge in [-0.15, -0.1) is 0 Å². The van der Waals surface area contributed by atoms with E-state index in [0.29, 0.717) is 42.1 Å². The number of likely N-dealkylation sites (tertiary alicyclic amines) is 1. The standard InChI is InChI=1S/C27H24Cl2N6O4S/c28-20-11-18(34-10-9-31-16-34)2-3-22(20)40(38,39)19-12-21(24(36)33-26(15-30)5-6-26)35(14-19)25(37)27(7-8-27)17-1-4-23(29)32-13-17/h1-4,9-11,13,16,19,21H,5-8,12,14H2,(H,33,36)/t19-,21+/m1/s1. The van der Waals surface area contributed by atoms with Crippen LogP contribution in [0.3, 0.4) is 0 Å². The molecule has 0 unspecified atom stereocenters. The number of carbonyl (C=O) groups is 2. The van der Waals surface area contributed by atoms with Gasteiger partial charge in [-0.25, -0.2) is 18.4 Å². The van der Waals surface area contributed by atoms with E-state index in [1.165, 1.54) is 17.0 Å². The number of aromatic nitrogens is 3. The van der Waals surface area contributed by atoms with Gasteiger partial charge in [-0.3, -0.25) is 9.59 Å². The van der Waals surface area contributed by atoms with Crippen molar-refractivity contribution < 1.29 is 18.0 Å². The van der Waals surface area contributed by atoms with Crippen LogP contribution in [0.15, 0.2) is 60.1 Å². The van der Waals surface area contributed by atoms with Crippen molar-refractivity contribution in [1.82, 2.24) is 24.8 Å². The Balaban J connectivity index is 1.32. The number of benzene rings is 1. The fraction of sp³-hybridized carbons (Fsp3) is 0.370. The molecule has 3 aliphatic rings. The van der Waals surface area contributed by atoms with Crippen LogP contribution >= 0.6 is 23.2 Å². The molecule has 0 radical (unpaired) electrons. The predicted octanol–water partition coefficient (Wildman–Crippen LogP) is 3.22. The van der Waals surface area contributed by atoms with Gasteiger partial charge in [0.2, 0.25) is 11.8 Å². The summed E-state index contributed by atoms with van der Waals surface area (Å²) < 4.78 is 29.4. The molecule has 6 rings (SSSR count). The van der Waals surface area contributed by atoms with Crippen LogP contribution in [-0.2, 0) is 24.8 Å². The van der Waals surface area contributed by atoms with Gasteiger partial charge in [-0.05, 0) is 61.9 Å². The van der Waals surface area contributed by atoms with Gasteiger partial charge in [0.15, 0.2) is 9.84 Å². The van der Waals surface area contributed by atoms with E-state index in [2.05, 4.69) is 21.4 Å². The molecule has 1 N–H and O–H groups in total. The highest BCUT2D eigenvalue weighted by Gasteiger charge is 2.58. The maximum absolute atomic E-state index is 14.0. The van der Waals surface area contributed by atoms with Gasteiger partial charge in [0.05, 0.1) is 33.0 Å². The summed E-state index contributed by atoms with van der Waals surface area (Å²) in [6, 6.07) is 8.99. The zero-order valence-corrected chi connectivity index (χ0v) is 23.5. The SMILES string of the molecule is N#CC1(NC(=O)[C@@H]2C[C@@H](S(=O)(=O)c3ccc(-n4ccnc4)cc3Cl)CN2C(=O)C2(c3ccc(Cl)nc3)CC2)CC1. The number of halogens is 2. The Bertz CT molecular complexity index is 1640. The lowest BCUT2D eigenvalue weighted by Gasteiger charge is -2.29. The van der Waals surface area contributed by atoms with Gasteiger partial charge in [0, 0.05) is 30.8 Å². The van der Waals surface area contributed by atoms with Gasteiger partial charge < -0.3 is 14.8 Å². The molecule has 1 aliphatic heterocycles. The molecule has 1 aromatic carbocycles. The van der Waals surface area contributed by atoms with Crippen molar-refractivity contribution in [1.29, 1.82) is 5.26 Å². The van der Waals surface area contributed by atoms with E-state index in [1.807, 2.05) is 0 Å². The third-order valence-corrected chi connectivity index (χ3v) is 10.9. The molecule has 0 bridgehead atoms. The van der Waals surface area contributed by atoms with Gasteiger partial charge >= 0.3 is 0 Å². The third kappa shape index (κ3) is 4.54. The Kier molecular flexibility index (Phi) is 6.40. The molecule has 40 heavy (non-hydrogen) atoms. The number of sulfone groups is 1. The summed E-state index contributed by atoms with van der Waals surface area (Å²) >= 11 is 12.4. The number of amides is 2. The van der Waals surface area contributed by atoms with E-state index in [-0.39, 0.29) is 28.8 Å². The first-order valence-corrected chi connectivity index (χ1v) is 15.1. The van der Waals surface area contributed by atoms with Gasteiger partial charge in [-0.1, -0.05) is 29.3 Å². The highest BCUT2D eigenvalue weighted by atomic mass is 35.5. The second kappa shape index (κ2) is 9.58. The second-order valence-electron chi connectivity index (χ2n) is 10.6. The van der Waals surface area contributed by atoms with Crippen LogP contribution in [-0.4, -0.2) is 63.0 Å². The number of carbonyl (C=O) groups excluding carboxylic acids is 2. The number of nitrogens with one attached hydrogen (secondary N) is 1. The van der Waals surface area contributed by atoms with Crippen LogP contribution in [0.5, 0.6) is 0 Å². The lowest BCUT2D eigenvalue weighted by Crippen LogP contribution is -2.51. The lowest BCUT2D eigenvalue weighted by atomic mass is 9.95. The van der Waals surface area contributed by atoms with Crippen molar-refractivity contribution >= 4 is 44.9 Å². The van der Waals surface area contributed by atoms with Crippen LogP contribution in [0.2, 0.25) is 10.2 Å². The first-order valence-electron chi connectivity index (χ1n) is 12.8. The average Bonchev–Trinajstić information content (AvgIpc) is 3.78. The molecule has 1 saturated heterocycles. The van der Waals surface area contributed by atoms with E-state index >= 15 is 0 Å². The van der Waals surface area contributed by atoms with Crippen LogP contribution in [0.1, 0.15) is 37.7 Å². The van der Waals surface area contributed by atoms with Crippen LogP contribution < -0.4 is 5.32 Å². The Morgan fingerprint density at radius 2 is 1.90 bits per heavy atom. The first-order chi connectivity index (χ1) is 19.1. The molecule has 3 fully saturated rings. The molecule has 10 nitrogen and oxygen atoms in total. The summed E-state index contributed by atoms with van der Waals surface area (Å²) in [6.45, 7) is -0.179. The van der Waals surface area contributed by atoms with E-state index in [9.17, 15) is 23.3 Å². The Labute approximate surface area is 240 Å². The van der Waals surface area contributed by atoms with Crippen LogP contribution in [0.25, 0.3) is 5.69 Å². The average molecular weight is 599 g/mol. The molecular formula is C27H24Cl2N6O4S. The second-order valence-corrected chi connectivity index (χ2v) is 13.6. The van der Waals surface area contributed by atoms with Crippen LogP contribution in [0, 0.1) is 11.3 Å². The van der Waals surface area contributed by atoms with Crippen molar-refractivity contribution in [2.45, 2.75) is 59.2 Å². The molecule has 2 amide bonds. The van der Waals surface area contributed by atoms with Gasteiger partial charge in [-0.2, -0.15) is 5.26 Å². The number of imidazole rings is 1. The Morgan fingerprint density at radius 3 is 2.48 bits per heavy atom. The van der Waals surface area contributed by atoms with Crippen molar-refractivity contribution in [3.8, 4) is 11.8 Å². The summed E-state index contributed by atoms with van der Waals surface area (Å²) in [5.41, 5.74) is -0.556. The largest absolute Gasteiger partial charge is 0.336 e. The summed E-state index contributed by atoms with van der Waals surface area (Å²) in [7, 11) is -4.04. The molecule has 2 saturated carbocycles. The zero-order valence-electron chi connectivity index (χ0n) is 21.1. The van der Waals surface area contributed by atoms with Crippen molar-refractivity contribution in [2.75, 3.05) is 6.54 Å². The monoisotopic (exact) mass is 598 g/mol. The van der Waals surface area contributed by atoms with Gasteiger partial charge in [0.1, 0.15) is 16.7 Å². The zero-order chi connectivity index (χ0) is 28.3. The van der Waals surface area contributed by atoms with E-state index in [0.717, 1.165) is 0 Å². The first kappa shape index (κ1) is 26.7. The smallest absolute Gasteiger partial charge is 0.244 e. The van der Waals surface area contributed by atoms with E-state index in [4.69, 9.17) is 23.2 Å². The lowest BCUT2D eigenvalue weighted by molar-refractivity contribution is -0.140. The van der Waals surface area contributed by atoms with E-state index in [1.54, 1.807) is 47.7 Å². The number of pyridine rings is 1. The normalized spacial score (nSPS) is 22.4. The molecule has 3 heterocycles. The molecule has 2 aromatic heterocycles. The highest BCUT2D eigenvalue weighted by Crippen LogP contribution is 2.51. The maximum Gasteiger partial charge on any atom is 0.244 e. The molecular weight excluding hydrogens is 575 g/mol. The number of nitrogens with zero attached hydrogens (tertiary/aromatic N) is 5. The molecule has 206 valence electrons. The van der Waals surface area contributed by atoms with Gasteiger partial charge in [0.25, 0.3) is 0 Å². The van der Waals surface area contributed by atoms with Crippen molar-refractivity contribution in [2.24, 2.45) is 0 Å². The number of nitriles is 1. The topological polar surface area (TPSA) is 138 Å². The molecule has 13 heteroatoms. The minimum absolute atomic E-state index is 0.0318. The van der Waals surface area contributed by atoms with Crippen LogP contribution in [0.4, 0.5) is 0 Å². The molecule has 3 aromatic rings. The minimum Gasteiger partial charge on any atom is -0.336 e. The summed E-state index contributed by atoms with van der Waals surface area (Å²) in [4.78, 5) is 36.9. The summed E-state index contributed by atoms with van der Waals surface area (Å²) in [5.74, 6) is -0.866. The molecule has 0 spiro atoms. The Hall–Kier alpha value is -3.46. The fourth-order valence-corrected chi connectivity index (χ4v) is 7.71. The Morgan fingerprint density at radius 1 is 1.12 bits per heavy atom. The predicted molar refractivity (Wildman–Crippen MR) is 146 cm³/mol. The minimum atomic E-state index is -4.04. The number of rotatable bonds is 7. The number of hydrogen-bond donors (Lipinski definition) is 1. The summed E-state index contributed by atoms with van der Waals surface area (Å²) in [5, 5.41) is 11.5. The van der Waals surface area contributed by atoms with Crippen molar-refractivity contribution in [3.05, 3.63) is 71.0 Å².